The minimum absolute atomic E-state index is 0.649. The minimum atomic E-state index is 0.649. The fourth-order valence-electron chi connectivity index (χ4n) is 6.65. The molecule has 9 rings (SSSR count). The van der Waals surface area contributed by atoms with Gasteiger partial charge in [-0.3, -0.25) is 0 Å². The maximum atomic E-state index is 5.14. The summed E-state index contributed by atoms with van der Waals surface area (Å²) in [6.07, 6.45) is 0. The molecule has 3 heteroatoms. The van der Waals surface area contributed by atoms with Crippen LogP contribution >= 0.6 is 0 Å². The molecule has 0 saturated heterocycles. The van der Waals surface area contributed by atoms with Gasteiger partial charge in [0.15, 0.2) is 17.5 Å². The first-order valence-electron chi connectivity index (χ1n) is 16.2. The van der Waals surface area contributed by atoms with E-state index in [0.717, 1.165) is 32.8 Å². The van der Waals surface area contributed by atoms with Crippen LogP contribution in [0.25, 0.3) is 88.7 Å². The summed E-state index contributed by atoms with van der Waals surface area (Å²) in [7, 11) is 0. The predicted molar refractivity (Wildman–Crippen MR) is 200 cm³/mol. The summed E-state index contributed by atoms with van der Waals surface area (Å²) in [5, 5.41) is 7.04. The van der Waals surface area contributed by atoms with Crippen molar-refractivity contribution in [1.82, 2.24) is 15.0 Å². The second kappa shape index (κ2) is 11.7. The number of benzene rings is 8. The smallest absolute Gasteiger partial charge is 0.164 e. The minimum Gasteiger partial charge on any atom is -0.208 e. The van der Waals surface area contributed by atoms with Gasteiger partial charge in [0.05, 0.1) is 0 Å². The van der Waals surface area contributed by atoms with Gasteiger partial charge in [0.2, 0.25) is 0 Å². The van der Waals surface area contributed by atoms with E-state index in [9.17, 15) is 0 Å². The molecule has 0 saturated carbocycles. The van der Waals surface area contributed by atoms with Crippen LogP contribution in [0.1, 0.15) is 0 Å². The van der Waals surface area contributed by atoms with Crippen molar-refractivity contribution < 1.29 is 0 Å². The molecule has 3 nitrogen and oxygen atoms in total. The molecule has 48 heavy (non-hydrogen) atoms. The molecule has 1 aromatic heterocycles. The van der Waals surface area contributed by atoms with Gasteiger partial charge >= 0.3 is 0 Å². The Bertz CT molecular complexity index is 2610. The third-order valence-electron chi connectivity index (χ3n) is 9.10. The molecular weight excluding hydrogens is 583 g/mol. The van der Waals surface area contributed by atoms with E-state index in [1.165, 1.54) is 38.4 Å². The zero-order chi connectivity index (χ0) is 31.9. The lowest BCUT2D eigenvalue weighted by molar-refractivity contribution is 1.08. The quantitative estimate of drug-likeness (QED) is 0.194. The SMILES string of the molecule is c1ccc(-c2ccc3cc(-c4nc(-c5ccccc5)nc(-c5cccc6c(-c7ccc8ccccc8c7)cccc56)n4)ccc3c2)cc1. The maximum absolute atomic E-state index is 5.14. The highest BCUT2D eigenvalue weighted by atomic mass is 15.0. The van der Waals surface area contributed by atoms with E-state index in [0.29, 0.717) is 17.5 Å². The van der Waals surface area contributed by atoms with E-state index in [-0.39, 0.29) is 0 Å². The first-order chi connectivity index (χ1) is 23.8. The van der Waals surface area contributed by atoms with Crippen molar-refractivity contribution in [2.45, 2.75) is 0 Å². The van der Waals surface area contributed by atoms with Crippen molar-refractivity contribution in [3.05, 3.63) is 176 Å². The molecule has 0 aliphatic rings. The summed E-state index contributed by atoms with van der Waals surface area (Å²) >= 11 is 0. The van der Waals surface area contributed by atoms with E-state index in [1.807, 2.05) is 24.3 Å². The van der Waals surface area contributed by atoms with Gasteiger partial charge in [-0.1, -0.05) is 158 Å². The molecule has 0 aliphatic heterocycles. The summed E-state index contributed by atoms with van der Waals surface area (Å²) in [6, 6.07) is 61.8. The lowest BCUT2D eigenvalue weighted by Gasteiger charge is -2.13. The van der Waals surface area contributed by atoms with Gasteiger partial charge in [0.25, 0.3) is 0 Å². The van der Waals surface area contributed by atoms with Crippen LogP contribution in [0.3, 0.4) is 0 Å². The van der Waals surface area contributed by atoms with Crippen LogP contribution in [-0.4, -0.2) is 15.0 Å². The molecule has 0 spiro atoms. The van der Waals surface area contributed by atoms with Gasteiger partial charge < -0.3 is 0 Å². The fraction of sp³-hybridized carbons (Fsp3) is 0. The fourth-order valence-corrected chi connectivity index (χ4v) is 6.65. The summed E-state index contributed by atoms with van der Waals surface area (Å²) in [5.41, 5.74) is 7.65. The van der Waals surface area contributed by atoms with Crippen molar-refractivity contribution in [1.29, 1.82) is 0 Å². The van der Waals surface area contributed by atoms with E-state index in [2.05, 4.69) is 152 Å². The Hall–Kier alpha value is -6.45. The summed E-state index contributed by atoms with van der Waals surface area (Å²) < 4.78 is 0. The van der Waals surface area contributed by atoms with Gasteiger partial charge in [-0.25, -0.2) is 15.0 Å². The van der Waals surface area contributed by atoms with Crippen LogP contribution in [0.15, 0.2) is 176 Å². The van der Waals surface area contributed by atoms with E-state index >= 15 is 0 Å². The van der Waals surface area contributed by atoms with Crippen LogP contribution < -0.4 is 0 Å². The van der Waals surface area contributed by atoms with Crippen LogP contribution in [0.4, 0.5) is 0 Å². The summed E-state index contributed by atoms with van der Waals surface area (Å²) in [4.78, 5) is 15.2. The third-order valence-corrected chi connectivity index (χ3v) is 9.10. The van der Waals surface area contributed by atoms with Gasteiger partial charge in [0.1, 0.15) is 0 Å². The molecule has 0 bridgehead atoms. The monoisotopic (exact) mass is 611 g/mol. The highest BCUT2D eigenvalue weighted by Crippen LogP contribution is 2.36. The number of fused-ring (bicyclic) bond motifs is 3. The van der Waals surface area contributed by atoms with Crippen molar-refractivity contribution in [2.24, 2.45) is 0 Å². The Morgan fingerprint density at radius 1 is 0.250 bits per heavy atom. The zero-order valence-electron chi connectivity index (χ0n) is 26.1. The molecular formula is C45H29N3. The van der Waals surface area contributed by atoms with Crippen LogP contribution in [-0.2, 0) is 0 Å². The zero-order valence-corrected chi connectivity index (χ0v) is 26.1. The predicted octanol–water partition coefficient (Wildman–Crippen LogP) is 11.7. The molecule has 224 valence electrons. The van der Waals surface area contributed by atoms with Gasteiger partial charge in [-0.05, 0) is 72.8 Å². The van der Waals surface area contributed by atoms with Crippen molar-refractivity contribution >= 4 is 32.3 Å². The molecule has 0 aliphatic carbocycles. The van der Waals surface area contributed by atoms with Gasteiger partial charge in [-0.2, -0.15) is 0 Å². The summed E-state index contributed by atoms with van der Waals surface area (Å²) in [6.45, 7) is 0. The number of aromatic nitrogens is 3. The molecule has 0 fully saturated rings. The second-order valence-electron chi connectivity index (χ2n) is 12.1. The first kappa shape index (κ1) is 27.8. The Morgan fingerprint density at radius 2 is 0.729 bits per heavy atom. The normalized spacial score (nSPS) is 11.3. The molecule has 0 atom stereocenters. The third kappa shape index (κ3) is 5.08. The molecule has 9 aromatic rings. The van der Waals surface area contributed by atoms with Crippen molar-refractivity contribution in [2.75, 3.05) is 0 Å². The van der Waals surface area contributed by atoms with Crippen molar-refractivity contribution in [3.8, 4) is 56.4 Å². The molecule has 0 radical (unpaired) electrons. The lowest BCUT2D eigenvalue weighted by Crippen LogP contribution is -2.00. The van der Waals surface area contributed by atoms with Crippen molar-refractivity contribution in [3.63, 3.8) is 0 Å². The average Bonchev–Trinajstić information content (AvgIpc) is 3.17. The van der Waals surface area contributed by atoms with Crippen LogP contribution in [0, 0.1) is 0 Å². The van der Waals surface area contributed by atoms with Crippen LogP contribution in [0.5, 0.6) is 0 Å². The van der Waals surface area contributed by atoms with E-state index in [4.69, 9.17) is 15.0 Å². The largest absolute Gasteiger partial charge is 0.208 e. The maximum Gasteiger partial charge on any atom is 0.164 e. The molecule has 8 aromatic carbocycles. The second-order valence-corrected chi connectivity index (χ2v) is 12.1. The first-order valence-corrected chi connectivity index (χ1v) is 16.2. The van der Waals surface area contributed by atoms with Gasteiger partial charge in [0, 0.05) is 16.7 Å². The molecule has 0 amide bonds. The molecule has 0 unspecified atom stereocenters. The highest BCUT2D eigenvalue weighted by molar-refractivity contribution is 6.05. The average molecular weight is 612 g/mol. The van der Waals surface area contributed by atoms with E-state index in [1.54, 1.807) is 0 Å². The van der Waals surface area contributed by atoms with Gasteiger partial charge in [-0.15, -0.1) is 0 Å². The highest BCUT2D eigenvalue weighted by Gasteiger charge is 2.16. The number of hydrogen-bond donors (Lipinski definition) is 0. The lowest BCUT2D eigenvalue weighted by atomic mass is 9.94. The number of rotatable bonds is 5. The van der Waals surface area contributed by atoms with E-state index < -0.39 is 0 Å². The molecule has 0 N–H and O–H groups in total. The topological polar surface area (TPSA) is 38.7 Å². The number of hydrogen-bond acceptors (Lipinski definition) is 3. The Kier molecular flexibility index (Phi) is 6.80. The Balaban J connectivity index is 1.19. The Labute approximate surface area is 278 Å². The number of nitrogens with zero attached hydrogens (tertiary/aromatic N) is 3. The standard InChI is InChI=1S/C45H29N3/c1-3-11-30(12-4-1)34-22-23-36-29-38(26-24-35(36)27-34)44-46-43(32-14-5-2-6-15-32)47-45(48-44)42-20-10-18-40-39(17-9-19-41(40)42)37-25-21-31-13-7-8-16-33(31)28-37/h1-29H. The Morgan fingerprint density at radius 3 is 1.48 bits per heavy atom. The molecule has 1 heterocycles. The summed E-state index contributed by atoms with van der Waals surface area (Å²) in [5.74, 6) is 1.95. The van der Waals surface area contributed by atoms with Crippen LogP contribution in [0.2, 0.25) is 0 Å².